The Labute approximate surface area is 183 Å². The van der Waals surface area contributed by atoms with Gasteiger partial charge in [0.15, 0.2) is 0 Å². The standard InChI is InChI=1S/C24H30N4O3/c1-24(30)10-14-28(15-11-24)23(29)27-21-16-19-20(31-2)9-8-18(22(19)26-21)17-6-3-4-12-25-13-5-7-17/h3-4,6-9,12,25,30H,5,10-11,13-16H2,1-2H3,(H,26,27,29)/b6-3?,12-4+,17-7?. The summed E-state index contributed by atoms with van der Waals surface area (Å²) in [5, 5.41) is 16.3. The average molecular weight is 423 g/mol. The number of aliphatic imine (C=N–C) groups is 1. The van der Waals surface area contributed by atoms with Crippen LogP contribution in [0.4, 0.5) is 10.5 Å². The molecule has 0 saturated carbocycles. The number of urea groups is 1. The highest BCUT2D eigenvalue weighted by Crippen LogP contribution is 2.40. The molecule has 1 fully saturated rings. The monoisotopic (exact) mass is 422 g/mol. The van der Waals surface area contributed by atoms with E-state index in [0.29, 0.717) is 38.2 Å². The third-order valence-electron chi connectivity index (χ3n) is 5.99. The second kappa shape index (κ2) is 8.98. The van der Waals surface area contributed by atoms with Crippen molar-refractivity contribution in [2.24, 2.45) is 4.99 Å². The number of likely N-dealkylation sites (tertiary alicyclic amines) is 1. The number of hydrogen-bond donors (Lipinski definition) is 3. The first-order valence-electron chi connectivity index (χ1n) is 10.8. The smallest absolute Gasteiger partial charge is 0.322 e. The summed E-state index contributed by atoms with van der Waals surface area (Å²) >= 11 is 0. The van der Waals surface area contributed by atoms with Gasteiger partial charge < -0.3 is 20.1 Å². The second-order valence-corrected chi connectivity index (χ2v) is 8.41. The molecule has 4 rings (SSSR count). The zero-order valence-electron chi connectivity index (χ0n) is 18.1. The molecule has 3 aliphatic heterocycles. The lowest BCUT2D eigenvalue weighted by Gasteiger charge is -2.35. The summed E-state index contributed by atoms with van der Waals surface area (Å²) in [5.74, 6) is 1.40. The van der Waals surface area contributed by atoms with E-state index in [4.69, 9.17) is 9.73 Å². The van der Waals surface area contributed by atoms with Crippen LogP contribution in [0.2, 0.25) is 0 Å². The van der Waals surface area contributed by atoms with Gasteiger partial charge in [0.2, 0.25) is 0 Å². The third-order valence-corrected chi connectivity index (χ3v) is 5.99. The molecule has 2 amide bonds. The molecule has 0 aliphatic carbocycles. The van der Waals surface area contributed by atoms with Gasteiger partial charge in [0.25, 0.3) is 0 Å². The van der Waals surface area contributed by atoms with Crippen LogP contribution >= 0.6 is 0 Å². The molecule has 1 aromatic carbocycles. The predicted octanol–water partition coefficient (Wildman–Crippen LogP) is 3.28. The number of hydrogen-bond acceptors (Lipinski definition) is 5. The van der Waals surface area contributed by atoms with Crippen LogP contribution < -0.4 is 15.4 Å². The van der Waals surface area contributed by atoms with Crippen molar-refractivity contribution in [3.63, 3.8) is 0 Å². The van der Waals surface area contributed by atoms with E-state index in [9.17, 15) is 9.90 Å². The van der Waals surface area contributed by atoms with E-state index in [1.54, 1.807) is 12.0 Å². The van der Waals surface area contributed by atoms with Crippen molar-refractivity contribution in [2.75, 3.05) is 26.7 Å². The molecule has 164 valence electrons. The number of nitrogens with zero attached hydrogens (tertiary/aromatic N) is 2. The topological polar surface area (TPSA) is 86.2 Å². The summed E-state index contributed by atoms with van der Waals surface area (Å²) in [4.78, 5) is 19.3. The Balaban J connectivity index is 1.57. The van der Waals surface area contributed by atoms with Gasteiger partial charge in [0, 0.05) is 37.2 Å². The van der Waals surface area contributed by atoms with Gasteiger partial charge in [-0.25, -0.2) is 9.79 Å². The van der Waals surface area contributed by atoms with Crippen LogP contribution in [0.5, 0.6) is 5.75 Å². The van der Waals surface area contributed by atoms with E-state index >= 15 is 0 Å². The number of carbonyl (C=O) groups excluding carboxylic acids is 1. The minimum absolute atomic E-state index is 0.166. The highest BCUT2D eigenvalue weighted by atomic mass is 16.5. The molecule has 0 atom stereocenters. The number of rotatable bonds is 2. The van der Waals surface area contributed by atoms with Gasteiger partial charge in [0.05, 0.1) is 18.4 Å². The van der Waals surface area contributed by atoms with Crippen molar-refractivity contribution in [1.29, 1.82) is 0 Å². The summed E-state index contributed by atoms with van der Waals surface area (Å²) in [6.45, 7) is 3.76. The van der Waals surface area contributed by atoms with Crippen molar-refractivity contribution in [2.45, 2.75) is 38.2 Å². The van der Waals surface area contributed by atoms with Crippen molar-refractivity contribution in [1.82, 2.24) is 15.5 Å². The number of allylic oxidation sites excluding steroid dienone is 4. The highest BCUT2D eigenvalue weighted by molar-refractivity contribution is 6.04. The zero-order valence-corrected chi connectivity index (χ0v) is 18.1. The van der Waals surface area contributed by atoms with Gasteiger partial charge in [-0.1, -0.05) is 18.2 Å². The number of nitrogens with one attached hydrogen (secondary N) is 2. The average Bonchev–Trinajstić information content (AvgIpc) is 3.21. The van der Waals surface area contributed by atoms with E-state index in [2.05, 4.69) is 22.8 Å². The maximum atomic E-state index is 12.8. The third kappa shape index (κ3) is 4.82. The van der Waals surface area contributed by atoms with E-state index in [1.165, 1.54) is 0 Å². The number of benzene rings is 1. The normalized spacial score (nSPS) is 20.9. The molecule has 1 saturated heterocycles. The van der Waals surface area contributed by atoms with E-state index in [-0.39, 0.29) is 6.03 Å². The summed E-state index contributed by atoms with van der Waals surface area (Å²) in [6, 6.07) is 3.83. The fraction of sp³-hybridized carbons (Fsp3) is 0.417. The number of carbonyl (C=O) groups is 1. The lowest BCUT2D eigenvalue weighted by atomic mass is 9.94. The van der Waals surface area contributed by atoms with Crippen LogP contribution in [0.3, 0.4) is 0 Å². The number of piperidine rings is 1. The van der Waals surface area contributed by atoms with Gasteiger partial charge in [-0.05, 0) is 56.2 Å². The quantitative estimate of drug-likeness (QED) is 0.683. The van der Waals surface area contributed by atoms with Crippen LogP contribution in [0.1, 0.15) is 37.3 Å². The van der Waals surface area contributed by atoms with Crippen LogP contribution in [0.25, 0.3) is 5.57 Å². The van der Waals surface area contributed by atoms with Gasteiger partial charge in [0.1, 0.15) is 11.6 Å². The predicted molar refractivity (Wildman–Crippen MR) is 123 cm³/mol. The fourth-order valence-electron chi connectivity index (χ4n) is 4.09. The minimum atomic E-state index is -0.692. The first kappa shape index (κ1) is 21.2. The summed E-state index contributed by atoms with van der Waals surface area (Å²) in [7, 11) is 1.65. The molecule has 0 radical (unpaired) electrons. The zero-order chi connectivity index (χ0) is 21.8. The number of amidine groups is 1. The Morgan fingerprint density at radius 2 is 2.10 bits per heavy atom. The number of amides is 2. The Hall–Kier alpha value is -3.06. The Kier molecular flexibility index (Phi) is 6.13. The van der Waals surface area contributed by atoms with Crippen molar-refractivity contribution in [3.8, 4) is 5.75 Å². The molecule has 7 heteroatoms. The highest BCUT2D eigenvalue weighted by Gasteiger charge is 2.31. The Bertz CT molecular complexity index is 965. The van der Waals surface area contributed by atoms with E-state index in [0.717, 1.165) is 41.1 Å². The molecule has 3 heterocycles. The van der Waals surface area contributed by atoms with Crippen LogP contribution in [0.15, 0.2) is 47.6 Å². The lowest BCUT2D eigenvalue weighted by molar-refractivity contribution is 0.00483. The summed E-state index contributed by atoms with van der Waals surface area (Å²) < 4.78 is 5.57. The number of aliphatic hydroxyl groups is 1. The SMILES string of the molecule is COc1ccc(C2=CCCN/C=C/C=C2)c2c1CC(NC(=O)N1CCC(C)(O)CC1)=N2. The van der Waals surface area contributed by atoms with Crippen LogP contribution in [-0.4, -0.2) is 54.2 Å². The molecular formula is C24H30N4O3. The van der Waals surface area contributed by atoms with E-state index < -0.39 is 5.60 Å². The first-order valence-corrected chi connectivity index (χ1v) is 10.8. The van der Waals surface area contributed by atoms with Gasteiger partial charge in [-0.15, -0.1) is 0 Å². The van der Waals surface area contributed by atoms with Crippen molar-refractivity contribution < 1.29 is 14.6 Å². The molecule has 0 aromatic heterocycles. The van der Waals surface area contributed by atoms with Crippen molar-refractivity contribution in [3.05, 3.63) is 53.8 Å². The minimum Gasteiger partial charge on any atom is -0.496 e. The van der Waals surface area contributed by atoms with Crippen molar-refractivity contribution >= 4 is 23.1 Å². The first-order chi connectivity index (χ1) is 15.0. The molecular weight excluding hydrogens is 392 g/mol. The molecule has 3 N–H and O–H groups in total. The molecule has 31 heavy (non-hydrogen) atoms. The molecule has 3 aliphatic rings. The number of fused-ring (bicyclic) bond motifs is 1. The van der Waals surface area contributed by atoms with Gasteiger partial charge in [-0.2, -0.15) is 0 Å². The molecule has 0 unspecified atom stereocenters. The Morgan fingerprint density at radius 3 is 2.87 bits per heavy atom. The Morgan fingerprint density at radius 1 is 1.29 bits per heavy atom. The largest absolute Gasteiger partial charge is 0.496 e. The summed E-state index contributed by atoms with van der Waals surface area (Å²) in [6.07, 6.45) is 12.8. The van der Waals surface area contributed by atoms with Crippen LogP contribution in [-0.2, 0) is 6.42 Å². The van der Waals surface area contributed by atoms with Gasteiger partial charge >= 0.3 is 6.03 Å². The maximum Gasteiger partial charge on any atom is 0.322 e. The lowest BCUT2D eigenvalue weighted by Crippen LogP contribution is -2.50. The van der Waals surface area contributed by atoms with Gasteiger partial charge in [-0.3, -0.25) is 5.32 Å². The fourth-order valence-corrected chi connectivity index (χ4v) is 4.09. The molecule has 0 bridgehead atoms. The molecule has 1 aromatic rings. The van der Waals surface area contributed by atoms with Crippen LogP contribution in [0, 0.1) is 0 Å². The number of methoxy groups -OCH3 is 1. The second-order valence-electron chi connectivity index (χ2n) is 8.41. The number of ether oxygens (including phenoxy) is 1. The molecule has 7 nitrogen and oxygen atoms in total. The molecule has 0 spiro atoms. The van der Waals surface area contributed by atoms with E-state index in [1.807, 2.05) is 37.4 Å². The summed E-state index contributed by atoms with van der Waals surface area (Å²) in [5.41, 5.74) is 3.27. The maximum absolute atomic E-state index is 12.8.